The van der Waals surface area contributed by atoms with Crippen LogP contribution in [0.4, 0.5) is 10.1 Å². The van der Waals surface area contributed by atoms with Crippen LogP contribution in [0.1, 0.15) is 28.8 Å². The molecule has 0 aromatic heterocycles. The van der Waals surface area contributed by atoms with Crippen molar-refractivity contribution in [1.29, 1.82) is 0 Å². The molecule has 30 heavy (non-hydrogen) atoms. The second kappa shape index (κ2) is 9.84. The third kappa shape index (κ3) is 5.66. The molecule has 3 rings (SSSR count). The molecule has 6 nitrogen and oxygen atoms in total. The molecule has 8 heteroatoms. The molecule has 0 radical (unpaired) electrons. The average Bonchev–Trinajstić information content (AvgIpc) is 2.75. The van der Waals surface area contributed by atoms with E-state index in [9.17, 15) is 18.8 Å². The Balaban J connectivity index is 1.43. The van der Waals surface area contributed by atoms with Gasteiger partial charge in [0, 0.05) is 28.8 Å². The van der Waals surface area contributed by atoms with E-state index in [1.165, 1.54) is 24.3 Å². The van der Waals surface area contributed by atoms with E-state index in [1.54, 1.807) is 11.0 Å². The number of hydrogen-bond acceptors (Lipinski definition) is 4. The molecule has 0 saturated carbocycles. The number of aryl methyl sites for hydroxylation is 1. The van der Waals surface area contributed by atoms with Crippen LogP contribution >= 0.6 is 15.9 Å². The molecule has 0 unspecified atom stereocenters. The number of halogens is 2. The molecule has 1 aliphatic rings. The van der Waals surface area contributed by atoms with Crippen molar-refractivity contribution in [1.82, 2.24) is 4.90 Å². The zero-order valence-electron chi connectivity index (χ0n) is 16.5. The summed E-state index contributed by atoms with van der Waals surface area (Å²) in [4.78, 5) is 38.4. The SMILES string of the molecule is Cc1cc(NC(=O)COC(=O)C2CCN(C(=O)c3ccc(F)cc3)CC2)ccc1Br. The third-order valence-electron chi connectivity index (χ3n) is 4.99. The lowest BCUT2D eigenvalue weighted by Gasteiger charge is -2.31. The van der Waals surface area contributed by atoms with Crippen LogP contribution in [-0.4, -0.2) is 42.4 Å². The van der Waals surface area contributed by atoms with E-state index >= 15 is 0 Å². The Morgan fingerprint density at radius 2 is 1.80 bits per heavy atom. The zero-order chi connectivity index (χ0) is 21.7. The number of likely N-dealkylation sites (tertiary alicyclic amines) is 1. The number of anilines is 1. The molecule has 1 fully saturated rings. The second-order valence-electron chi connectivity index (χ2n) is 7.19. The Hall–Kier alpha value is -2.74. The Kier molecular flexibility index (Phi) is 7.20. The topological polar surface area (TPSA) is 75.7 Å². The van der Waals surface area contributed by atoms with Crippen LogP contribution in [0.2, 0.25) is 0 Å². The molecule has 2 amide bonds. The molecule has 1 aliphatic heterocycles. The average molecular weight is 477 g/mol. The van der Waals surface area contributed by atoms with Crippen molar-refractivity contribution < 1.29 is 23.5 Å². The van der Waals surface area contributed by atoms with E-state index in [-0.39, 0.29) is 18.4 Å². The number of carbonyl (C=O) groups excluding carboxylic acids is 3. The summed E-state index contributed by atoms with van der Waals surface area (Å²) in [6.07, 6.45) is 0.915. The van der Waals surface area contributed by atoms with E-state index in [1.807, 2.05) is 19.1 Å². The van der Waals surface area contributed by atoms with Gasteiger partial charge in [0.05, 0.1) is 5.92 Å². The van der Waals surface area contributed by atoms with Crippen LogP contribution in [0.25, 0.3) is 0 Å². The Morgan fingerprint density at radius 3 is 2.43 bits per heavy atom. The normalized spacial score (nSPS) is 14.3. The van der Waals surface area contributed by atoms with E-state index < -0.39 is 17.7 Å². The summed E-state index contributed by atoms with van der Waals surface area (Å²) < 4.78 is 19.1. The number of hydrogen-bond donors (Lipinski definition) is 1. The molecule has 0 bridgehead atoms. The number of esters is 1. The molecule has 1 heterocycles. The molecule has 1 N–H and O–H groups in total. The summed E-state index contributed by atoms with van der Waals surface area (Å²) in [7, 11) is 0. The van der Waals surface area contributed by atoms with Gasteiger partial charge in [-0.3, -0.25) is 14.4 Å². The fourth-order valence-corrected chi connectivity index (χ4v) is 3.51. The number of piperidine rings is 1. The second-order valence-corrected chi connectivity index (χ2v) is 8.05. The van der Waals surface area contributed by atoms with Crippen molar-refractivity contribution in [2.24, 2.45) is 5.92 Å². The molecule has 1 saturated heterocycles. The smallest absolute Gasteiger partial charge is 0.309 e. The highest BCUT2D eigenvalue weighted by Gasteiger charge is 2.29. The van der Waals surface area contributed by atoms with E-state index in [4.69, 9.17) is 4.74 Å². The predicted octanol–water partition coefficient (Wildman–Crippen LogP) is 3.93. The molecule has 0 spiro atoms. The fraction of sp³-hybridized carbons (Fsp3) is 0.318. The molecule has 158 valence electrons. The van der Waals surface area contributed by atoms with E-state index in [0.29, 0.717) is 37.2 Å². The van der Waals surface area contributed by atoms with Gasteiger partial charge in [-0.05, 0) is 67.8 Å². The van der Waals surface area contributed by atoms with E-state index in [0.717, 1.165) is 10.0 Å². The highest BCUT2D eigenvalue weighted by atomic mass is 79.9. The zero-order valence-corrected chi connectivity index (χ0v) is 18.1. The lowest BCUT2D eigenvalue weighted by Crippen LogP contribution is -2.41. The molecule has 2 aromatic carbocycles. The summed E-state index contributed by atoms with van der Waals surface area (Å²) in [6.45, 7) is 2.36. The maximum atomic E-state index is 13.0. The molecule has 0 aliphatic carbocycles. The van der Waals surface area contributed by atoms with Crippen molar-refractivity contribution in [2.75, 3.05) is 25.0 Å². The Labute approximate surface area is 182 Å². The lowest BCUT2D eigenvalue weighted by molar-refractivity contribution is -0.152. The Morgan fingerprint density at radius 1 is 1.13 bits per heavy atom. The van der Waals surface area contributed by atoms with Crippen LogP contribution < -0.4 is 5.32 Å². The summed E-state index contributed by atoms with van der Waals surface area (Å²) in [6, 6.07) is 10.8. The fourth-order valence-electron chi connectivity index (χ4n) is 3.27. The Bertz CT molecular complexity index is 941. The largest absolute Gasteiger partial charge is 0.455 e. The van der Waals surface area contributed by atoms with Gasteiger partial charge in [0.25, 0.3) is 11.8 Å². The number of nitrogens with one attached hydrogen (secondary N) is 1. The summed E-state index contributed by atoms with van der Waals surface area (Å²) >= 11 is 3.40. The first kappa shape index (κ1) is 22.0. The highest BCUT2D eigenvalue weighted by Crippen LogP contribution is 2.22. The number of carbonyl (C=O) groups is 3. The minimum atomic E-state index is -0.439. The van der Waals surface area contributed by atoms with Gasteiger partial charge in [-0.1, -0.05) is 15.9 Å². The summed E-state index contributed by atoms with van der Waals surface area (Å²) in [5, 5.41) is 2.70. The van der Waals surface area contributed by atoms with Crippen LogP contribution in [0.15, 0.2) is 46.9 Å². The van der Waals surface area contributed by atoms with Crippen LogP contribution in [0.5, 0.6) is 0 Å². The first-order valence-electron chi connectivity index (χ1n) is 9.61. The summed E-state index contributed by atoms with van der Waals surface area (Å²) in [5.41, 5.74) is 2.02. The van der Waals surface area contributed by atoms with Gasteiger partial charge < -0.3 is 15.0 Å². The number of rotatable bonds is 5. The lowest BCUT2D eigenvalue weighted by atomic mass is 9.96. The maximum Gasteiger partial charge on any atom is 0.309 e. The van der Waals surface area contributed by atoms with Gasteiger partial charge in [0.15, 0.2) is 6.61 Å². The van der Waals surface area contributed by atoms with Gasteiger partial charge in [0.2, 0.25) is 0 Å². The standard InChI is InChI=1S/C22H22BrFN2O4/c1-14-12-18(6-7-19(14)23)25-20(27)13-30-22(29)16-8-10-26(11-9-16)21(28)15-2-4-17(24)5-3-15/h2-7,12,16H,8-11,13H2,1H3,(H,25,27). The first-order valence-corrected chi connectivity index (χ1v) is 10.4. The monoisotopic (exact) mass is 476 g/mol. The number of ether oxygens (including phenoxy) is 1. The van der Waals surface area contributed by atoms with Crippen LogP contribution in [0.3, 0.4) is 0 Å². The number of amides is 2. The van der Waals surface area contributed by atoms with Gasteiger partial charge in [-0.25, -0.2) is 4.39 Å². The van der Waals surface area contributed by atoms with Gasteiger partial charge in [-0.15, -0.1) is 0 Å². The molecule has 0 atom stereocenters. The quantitative estimate of drug-likeness (QED) is 0.663. The molecule has 2 aromatic rings. The van der Waals surface area contributed by atoms with Crippen molar-refractivity contribution in [3.8, 4) is 0 Å². The predicted molar refractivity (Wildman–Crippen MR) is 113 cm³/mol. The van der Waals surface area contributed by atoms with Crippen molar-refractivity contribution in [3.05, 3.63) is 63.9 Å². The van der Waals surface area contributed by atoms with E-state index in [2.05, 4.69) is 21.2 Å². The van der Waals surface area contributed by atoms with Crippen molar-refractivity contribution in [2.45, 2.75) is 19.8 Å². The van der Waals surface area contributed by atoms with Crippen molar-refractivity contribution in [3.63, 3.8) is 0 Å². The minimum absolute atomic E-state index is 0.189. The van der Waals surface area contributed by atoms with Crippen LogP contribution in [-0.2, 0) is 14.3 Å². The first-order chi connectivity index (χ1) is 14.3. The van der Waals surface area contributed by atoms with Crippen molar-refractivity contribution >= 4 is 39.4 Å². The highest BCUT2D eigenvalue weighted by molar-refractivity contribution is 9.10. The maximum absolute atomic E-state index is 13.0. The van der Waals surface area contributed by atoms with Gasteiger partial charge in [-0.2, -0.15) is 0 Å². The number of nitrogens with zero attached hydrogens (tertiary/aromatic N) is 1. The van der Waals surface area contributed by atoms with Gasteiger partial charge in [0.1, 0.15) is 5.82 Å². The van der Waals surface area contributed by atoms with Gasteiger partial charge >= 0.3 is 5.97 Å². The minimum Gasteiger partial charge on any atom is -0.455 e. The summed E-state index contributed by atoms with van der Waals surface area (Å²) in [5.74, 6) is -1.79. The third-order valence-corrected chi connectivity index (χ3v) is 5.88. The molecular weight excluding hydrogens is 455 g/mol. The molecular formula is C22H22BrFN2O4. The number of benzene rings is 2. The van der Waals surface area contributed by atoms with Crippen LogP contribution in [0, 0.1) is 18.7 Å².